The van der Waals surface area contributed by atoms with E-state index in [1.54, 1.807) is 24.3 Å². The first-order valence-corrected chi connectivity index (χ1v) is 13.3. The summed E-state index contributed by atoms with van der Waals surface area (Å²) in [6.45, 7) is 5.48. The molecule has 0 bridgehead atoms. The summed E-state index contributed by atoms with van der Waals surface area (Å²) in [5.74, 6) is -1.17. The largest absolute Gasteiger partial charge is 0.458 e. The molecular formula is C34H32ClNO3. The van der Waals surface area contributed by atoms with E-state index in [0.717, 1.165) is 16.7 Å². The Balaban J connectivity index is 1.89. The average Bonchev–Trinajstić information content (AvgIpc) is 2.93. The van der Waals surface area contributed by atoms with E-state index in [1.165, 1.54) is 0 Å². The fraction of sp³-hybridized carbons (Fsp3) is 0.206. The van der Waals surface area contributed by atoms with Gasteiger partial charge in [0, 0.05) is 34.1 Å². The van der Waals surface area contributed by atoms with Crippen molar-refractivity contribution < 1.29 is 14.3 Å². The van der Waals surface area contributed by atoms with Crippen molar-refractivity contribution in [3.63, 3.8) is 0 Å². The first kappa shape index (κ1) is 28.0. The smallest absolute Gasteiger partial charge is 0.332 e. The standard InChI is InChI=1S/C34H32ClNO3/c1-34(2,3)39-33(38)32(36-31(26-15-9-5-10-16-26)27-17-11-6-12-18-27)29(24-19-21-28(35)22-20-24)23-30(37)25-13-7-4-8-14-25/h4-22,29,32H,23H2,1-3H3/t29-,32+/m1/s1. The number of hydrogen-bond donors (Lipinski definition) is 0. The summed E-state index contributed by atoms with van der Waals surface area (Å²) in [5, 5.41) is 0.568. The zero-order valence-electron chi connectivity index (χ0n) is 22.4. The molecule has 0 saturated carbocycles. The van der Waals surface area contributed by atoms with Gasteiger partial charge in [0.15, 0.2) is 11.8 Å². The van der Waals surface area contributed by atoms with Crippen LogP contribution in [0.1, 0.15) is 60.2 Å². The molecule has 0 spiro atoms. The van der Waals surface area contributed by atoms with Crippen LogP contribution >= 0.6 is 11.6 Å². The Morgan fingerprint density at radius 2 is 1.18 bits per heavy atom. The molecule has 0 N–H and O–H groups in total. The van der Waals surface area contributed by atoms with E-state index in [9.17, 15) is 9.59 Å². The molecule has 0 aromatic heterocycles. The van der Waals surface area contributed by atoms with Crippen molar-refractivity contribution in [2.24, 2.45) is 4.99 Å². The van der Waals surface area contributed by atoms with Gasteiger partial charge in [-0.1, -0.05) is 115 Å². The predicted molar refractivity (Wildman–Crippen MR) is 158 cm³/mol. The number of halogens is 1. The van der Waals surface area contributed by atoms with Crippen LogP contribution in [0.2, 0.25) is 5.02 Å². The van der Waals surface area contributed by atoms with Crippen molar-refractivity contribution in [3.8, 4) is 0 Å². The van der Waals surface area contributed by atoms with Gasteiger partial charge >= 0.3 is 5.97 Å². The molecule has 0 aliphatic heterocycles. The van der Waals surface area contributed by atoms with Gasteiger partial charge < -0.3 is 4.74 Å². The lowest BCUT2D eigenvalue weighted by Crippen LogP contribution is -2.36. The topological polar surface area (TPSA) is 55.7 Å². The van der Waals surface area contributed by atoms with Crippen molar-refractivity contribution in [1.29, 1.82) is 0 Å². The lowest BCUT2D eigenvalue weighted by molar-refractivity contribution is -0.156. The molecule has 0 fully saturated rings. The van der Waals surface area contributed by atoms with E-state index >= 15 is 0 Å². The molecule has 0 radical (unpaired) electrons. The number of hydrogen-bond acceptors (Lipinski definition) is 4. The Morgan fingerprint density at radius 1 is 0.718 bits per heavy atom. The maximum atomic E-state index is 13.9. The molecule has 0 aliphatic carbocycles. The summed E-state index contributed by atoms with van der Waals surface area (Å²) >= 11 is 6.21. The molecule has 0 unspecified atom stereocenters. The molecule has 4 aromatic carbocycles. The van der Waals surface area contributed by atoms with Gasteiger partial charge in [-0.15, -0.1) is 0 Å². The van der Waals surface area contributed by atoms with Gasteiger partial charge in [-0.05, 0) is 38.5 Å². The zero-order valence-corrected chi connectivity index (χ0v) is 23.1. The molecule has 198 valence electrons. The van der Waals surface area contributed by atoms with Crippen LogP contribution in [0.4, 0.5) is 0 Å². The minimum Gasteiger partial charge on any atom is -0.458 e. The van der Waals surface area contributed by atoms with Crippen LogP contribution in [0, 0.1) is 0 Å². The maximum absolute atomic E-state index is 13.9. The van der Waals surface area contributed by atoms with Gasteiger partial charge in [0.1, 0.15) is 5.60 Å². The molecule has 5 heteroatoms. The van der Waals surface area contributed by atoms with Gasteiger partial charge in [-0.25, -0.2) is 4.79 Å². The Bertz CT molecular complexity index is 1370. The predicted octanol–water partition coefficient (Wildman–Crippen LogP) is 7.94. The Labute approximate surface area is 235 Å². The van der Waals surface area contributed by atoms with E-state index in [1.807, 2.05) is 112 Å². The first-order valence-electron chi connectivity index (χ1n) is 13.0. The van der Waals surface area contributed by atoms with Crippen LogP contribution in [0.15, 0.2) is 120 Å². The Kier molecular flexibility index (Phi) is 9.11. The highest BCUT2D eigenvalue weighted by atomic mass is 35.5. The first-order chi connectivity index (χ1) is 18.7. The van der Waals surface area contributed by atoms with Gasteiger partial charge in [0.05, 0.1) is 5.71 Å². The number of Topliss-reactive ketones (excluding diaryl/α,β-unsaturated/α-hetero) is 1. The van der Waals surface area contributed by atoms with Crippen LogP contribution in [-0.2, 0) is 9.53 Å². The van der Waals surface area contributed by atoms with E-state index in [4.69, 9.17) is 21.3 Å². The van der Waals surface area contributed by atoms with Crippen molar-refractivity contribution >= 4 is 29.1 Å². The highest BCUT2D eigenvalue weighted by Gasteiger charge is 2.35. The second-order valence-corrected chi connectivity index (χ2v) is 10.8. The molecule has 2 atom stereocenters. The number of carbonyl (C=O) groups excluding carboxylic acids is 2. The summed E-state index contributed by atoms with van der Waals surface area (Å²) in [6.07, 6.45) is 0.0654. The normalized spacial score (nSPS) is 12.7. The minimum atomic E-state index is -0.992. The maximum Gasteiger partial charge on any atom is 0.332 e. The molecule has 0 amide bonds. The van der Waals surface area contributed by atoms with Gasteiger partial charge in [0.2, 0.25) is 0 Å². The third-order valence-electron chi connectivity index (χ3n) is 6.19. The summed E-state index contributed by atoms with van der Waals surface area (Å²) in [7, 11) is 0. The molecule has 0 aliphatic rings. The van der Waals surface area contributed by atoms with Crippen LogP contribution in [0.5, 0.6) is 0 Å². The van der Waals surface area contributed by atoms with E-state index in [0.29, 0.717) is 16.3 Å². The van der Waals surface area contributed by atoms with Crippen LogP contribution < -0.4 is 0 Å². The van der Waals surface area contributed by atoms with Crippen molar-refractivity contribution in [1.82, 2.24) is 0 Å². The number of esters is 1. The Morgan fingerprint density at radius 3 is 1.64 bits per heavy atom. The van der Waals surface area contributed by atoms with Gasteiger partial charge in [-0.3, -0.25) is 9.79 Å². The summed E-state index contributed by atoms with van der Waals surface area (Å²) in [6, 6.07) is 34.8. The van der Waals surface area contributed by atoms with E-state index in [2.05, 4.69) is 0 Å². The van der Waals surface area contributed by atoms with Crippen LogP contribution in [-0.4, -0.2) is 29.1 Å². The zero-order chi connectivity index (χ0) is 27.8. The van der Waals surface area contributed by atoms with E-state index in [-0.39, 0.29) is 12.2 Å². The van der Waals surface area contributed by atoms with Crippen molar-refractivity contribution in [3.05, 3.63) is 143 Å². The summed E-state index contributed by atoms with van der Waals surface area (Å²) < 4.78 is 5.90. The number of ether oxygens (including phenoxy) is 1. The molecule has 39 heavy (non-hydrogen) atoms. The SMILES string of the molecule is CC(C)(C)OC(=O)[C@@H](N=C(c1ccccc1)c1ccccc1)[C@H](CC(=O)c1ccccc1)c1ccc(Cl)cc1. The summed E-state index contributed by atoms with van der Waals surface area (Å²) in [4.78, 5) is 32.5. The van der Waals surface area contributed by atoms with Crippen LogP contribution in [0.3, 0.4) is 0 Å². The number of aliphatic imine (C=N–C) groups is 1. The minimum absolute atomic E-state index is 0.0654. The van der Waals surface area contributed by atoms with E-state index < -0.39 is 23.5 Å². The molecule has 4 aromatic rings. The average molecular weight is 538 g/mol. The number of nitrogens with zero attached hydrogens (tertiary/aromatic N) is 1. The quantitative estimate of drug-likeness (QED) is 0.124. The number of rotatable bonds is 9. The number of carbonyl (C=O) groups is 2. The molecule has 0 saturated heterocycles. The lowest BCUT2D eigenvalue weighted by Gasteiger charge is -2.28. The highest BCUT2D eigenvalue weighted by Crippen LogP contribution is 2.31. The molecule has 0 heterocycles. The van der Waals surface area contributed by atoms with Gasteiger partial charge in [-0.2, -0.15) is 0 Å². The summed E-state index contributed by atoms with van der Waals surface area (Å²) in [5.41, 5.74) is 3.00. The second-order valence-electron chi connectivity index (χ2n) is 10.3. The lowest BCUT2D eigenvalue weighted by atomic mass is 9.85. The molecular weight excluding hydrogens is 506 g/mol. The monoisotopic (exact) mass is 537 g/mol. The Hall–Kier alpha value is -4.02. The molecule has 4 rings (SSSR count). The third-order valence-corrected chi connectivity index (χ3v) is 6.44. The fourth-order valence-corrected chi connectivity index (χ4v) is 4.51. The molecule has 4 nitrogen and oxygen atoms in total. The van der Waals surface area contributed by atoms with Crippen molar-refractivity contribution in [2.45, 2.75) is 44.8 Å². The number of ketones is 1. The second kappa shape index (κ2) is 12.7. The van der Waals surface area contributed by atoms with Gasteiger partial charge in [0.25, 0.3) is 0 Å². The van der Waals surface area contributed by atoms with Crippen LogP contribution in [0.25, 0.3) is 0 Å². The number of benzene rings is 4. The van der Waals surface area contributed by atoms with Crippen molar-refractivity contribution in [2.75, 3.05) is 0 Å². The third kappa shape index (κ3) is 7.75. The highest BCUT2D eigenvalue weighted by molar-refractivity contribution is 6.30. The fourth-order valence-electron chi connectivity index (χ4n) is 4.38.